The Morgan fingerprint density at radius 1 is 0.528 bits per heavy atom. The van der Waals surface area contributed by atoms with Gasteiger partial charge in [-0.2, -0.15) is 0 Å². The molecule has 202 valence electrons. The highest BCUT2D eigenvalue weighted by Crippen LogP contribution is 2.28. The number of aliphatic hydroxyl groups excluding tert-OH is 3. The van der Waals surface area contributed by atoms with Gasteiger partial charge in [0.05, 0.1) is 0 Å². The first kappa shape index (κ1) is 29.7. The van der Waals surface area contributed by atoms with Crippen molar-refractivity contribution in [3.63, 3.8) is 0 Å². The second kappa shape index (κ2) is 16.2. The van der Waals surface area contributed by atoms with Crippen molar-refractivity contribution in [2.45, 2.75) is 58.1 Å². The molecule has 0 saturated carbocycles. The van der Waals surface area contributed by atoms with Gasteiger partial charge in [0.2, 0.25) is 0 Å². The third-order valence-electron chi connectivity index (χ3n) is 4.95. The molecule has 0 aromatic heterocycles. The second-order valence-electron chi connectivity index (χ2n) is 9.22. The molecule has 0 aliphatic rings. The van der Waals surface area contributed by atoms with Gasteiger partial charge in [0, 0.05) is 25.2 Å². The summed E-state index contributed by atoms with van der Waals surface area (Å²) in [6.45, 7) is 9.09. The van der Waals surface area contributed by atoms with Gasteiger partial charge in [-0.05, 0) is 24.3 Å². The molecule has 2 aromatic rings. The average Bonchev–Trinajstić information content (AvgIpc) is 2.86. The lowest BCUT2D eigenvalue weighted by Gasteiger charge is -2.19. The normalized spacial score (nSPS) is 13.2. The fourth-order valence-corrected chi connectivity index (χ4v) is 3.03. The van der Waals surface area contributed by atoms with Crippen molar-refractivity contribution >= 4 is 0 Å². The van der Waals surface area contributed by atoms with Gasteiger partial charge in [0.15, 0.2) is 23.0 Å². The Bertz CT molecular complexity index is 796. The Hall–Kier alpha value is -2.56. The number of benzene rings is 2. The average molecular weight is 507 g/mol. The SMILES string of the molecule is CC(C)NC[C@H](O)COc1ccccc1OCC(O)COc1ccccc1OC[C@@H](O)CNC(C)C. The molecular formula is C27H42N2O7. The van der Waals surface area contributed by atoms with Crippen LogP contribution >= 0.6 is 0 Å². The Balaban J connectivity index is 1.80. The molecule has 0 aliphatic carbocycles. The standard InChI is InChI=1S/C27H42N2O7/c1-19(2)28-13-21(30)15-33-24-9-5-7-11-26(24)35-17-23(32)18-36-27-12-8-6-10-25(27)34-16-22(31)14-29-20(3)4/h5-12,19-23,28-32H,13-18H2,1-4H3/t21-,22-/m0/s1. The maximum absolute atomic E-state index is 10.4. The van der Waals surface area contributed by atoms with Gasteiger partial charge in [-0.25, -0.2) is 0 Å². The van der Waals surface area contributed by atoms with Gasteiger partial charge in [-0.15, -0.1) is 0 Å². The molecule has 0 bridgehead atoms. The molecule has 0 heterocycles. The van der Waals surface area contributed by atoms with Gasteiger partial charge in [0.25, 0.3) is 0 Å². The molecule has 2 aromatic carbocycles. The lowest BCUT2D eigenvalue weighted by molar-refractivity contribution is 0.0570. The molecule has 2 atom stereocenters. The van der Waals surface area contributed by atoms with Crippen LogP contribution < -0.4 is 29.6 Å². The van der Waals surface area contributed by atoms with Gasteiger partial charge in [-0.1, -0.05) is 52.0 Å². The molecule has 0 amide bonds. The highest BCUT2D eigenvalue weighted by molar-refractivity contribution is 5.40. The van der Waals surface area contributed by atoms with E-state index in [9.17, 15) is 15.3 Å². The third-order valence-corrected chi connectivity index (χ3v) is 4.95. The Morgan fingerprint density at radius 3 is 1.08 bits per heavy atom. The van der Waals surface area contributed by atoms with Crippen molar-refractivity contribution in [1.29, 1.82) is 0 Å². The van der Waals surface area contributed by atoms with Crippen molar-refractivity contribution in [3.05, 3.63) is 48.5 Å². The predicted octanol–water partition coefficient (Wildman–Crippen LogP) is 1.98. The van der Waals surface area contributed by atoms with Gasteiger partial charge >= 0.3 is 0 Å². The monoisotopic (exact) mass is 506 g/mol. The van der Waals surface area contributed by atoms with E-state index in [1.807, 2.05) is 39.8 Å². The molecule has 0 fully saturated rings. The molecule has 2 rings (SSSR count). The van der Waals surface area contributed by atoms with Crippen LogP contribution in [0.25, 0.3) is 0 Å². The summed E-state index contributed by atoms with van der Waals surface area (Å²) in [4.78, 5) is 0. The van der Waals surface area contributed by atoms with E-state index in [0.29, 0.717) is 36.1 Å². The summed E-state index contributed by atoms with van der Waals surface area (Å²) in [5, 5.41) is 36.9. The zero-order valence-corrected chi connectivity index (χ0v) is 21.7. The second-order valence-corrected chi connectivity index (χ2v) is 9.22. The number of ether oxygens (including phenoxy) is 4. The largest absolute Gasteiger partial charge is 0.487 e. The molecule has 0 radical (unpaired) electrons. The van der Waals surface area contributed by atoms with Gasteiger partial charge < -0.3 is 44.9 Å². The van der Waals surface area contributed by atoms with Crippen molar-refractivity contribution in [2.24, 2.45) is 0 Å². The van der Waals surface area contributed by atoms with Crippen molar-refractivity contribution < 1.29 is 34.3 Å². The lowest BCUT2D eigenvalue weighted by Crippen LogP contribution is -2.35. The first-order valence-electron chi connectivity index (χ1n) is 12.4. The minimum absolute atomic E-state index is 0.0135. The first-order valence-corrected chi connectivity index (χ1v) is 12.4. The van der Waals surface area contributed by atoms with E-state index in [4.69, 9.17) is 18.9 Å². The molecule has 0 aliphatic heterocycles. The third kappa shape index (κ3) is 11.9. The molecular weight excluding hydrogens is 464 g/mol. The Kier molecular flexibility index (Phi) is 13.4. The zero-order valence-electron chi connectivity index (χ0n) is 21.7. The number of para-hydroxylation sites is 4. The Morgan fingerprint density at radius 2 is 0.806 bits per heavy atom. The van der Waals surface area contributed by atoms with Crippen LogP contribution in [-0.2, 0) is 0 Å². The van der Waals surface area contributed by atoms with Crippen LogP contribution in [0.5, 0.6) is 23.0 Å². The van der Waals surface area contributed by atoms with E-state index in [2.05, 4.69) is 10.6 Å². The maximum atomic E-state index is 10.4. The van der Waals surface area contributed by atoms with E-state index in [0.717, 1.165) is 0 Å². The maximum Gasteiger partial charge on any atom is 0.161 e. The van der Waals surface area contributed by atoms with Crippen LogP contribution in [0.3, 0.4) is 0 Å². The predicted molar refractivity (Wildman–Crippen MR) is 139 cm³/mol. The number of hydrogen-bond acceptors (Lipinski definition) is 9. The summed E-state index contributed by atoms with van der Waals surface area (Å²) in [7, 11) is 0. The zero-order chi connectivity index (χ0) is 26.3. The molecule has 9 heteroatoms. The van der Waals surface area contributed by atoms with Crippen molar-refractivity contribution in [3.8, 4) is 23.0 Å². The van der Waals surface area contributed by atoms with Crippen LogP contribution in [0.2, 0.25) is 0 Å². The van der Waals surface area contributed by atoms with Crippen LogP contribution in [0.4, 0.5) is 0 Å². The van der Waals surface area contributed by atoms with Gasteiger partial charge in [0.1, 0.15) is 44.7 Å². The number of rotatable bonds is 18. The van der Waals surface area contributed by atoms with Crippen LogP contribution in [0.15, 0.2) is 48.5 Å². The highest BCUT2D eigenvalue weighted by Gasteiger charge is 2.14. The van der Waals surface area contributed by atoms with E-state index in [1.54, 1.807) is 36.4 Å². The topological polar surface area (TPSA) is 122 Å². The van der Waals surface area contributed by atoms with E-state index in [-0.39, 0.29) is 38.5 Å². The van der Waals surface area contributed by atoms with Crippen molar-refractivity contribution in [2.75, 3.05) is 39.5 Å². The molecule has 9 nitrogen and oxygen atoms in total. The number of nitrogens with one attached hydrogen (secondary N) is 2. The van der Waals surface area contributed by atoms with E-state index in [1.165, 1.54) is 0 Å². The van der Waals surface area contributed by atoms with E-state index >= 15 is 0 Å². The summed E-state index contributed by atoms with van der Waals surface area (Å²) >= 11 is 0. The summed E-state index contributed by atoms with van der Waals surface area (Å²) in [5.41, 5.74) is 0. The smallest absolute Gasteiger partial charge is 0.161 e. The number of aliphatic hydroxyl groups is 3. The first-order chi connectivity index (χ1) is 17.2. The van der Waals surface area contributed by atoms with E-state index < -0.39 is 18.3 Å². The molecule has 36 heavy (non-hydrogen) atoms. The summed E-state index contributed by atoms with van der Waals surface area (Å²) < 4.78 is 22.9. The fourth-order valence-electron chi connectivity index (χ4n) is 3.03. The molecule has 5 N–H and O–H groups in total. The van der Waals surface area contributed by atoms with Gasteiger partial charge in [-0.3, -0.25) is 0 Å². The van der Waals surface area contributed by atoms with Crippen LogP contribution in [-0.4, -0.2) is 85.2 Å². The van der Waals surface area contributed by atoms with Crippen LogP contribution in [0, 0.1) is 0 Å². The minimum atomic E-state index is -0.909. The quantitative estimate of drug-likeness (QED) is 0.207. The molecule has 0 spiro atoms. The Labute approximate surface area is 214 Å². The molecule has 0 saturated heterocycles. The fraction of sp³-hybridized carbons (Fsp3) is 0.556. The van der Waals surface area contributed by atoms with Crippen molar-refractivity contribution in [1.82, 2.24) is 10.6 Å². The number of hydrogen-bond donors (Lipinski definition) is 5. The lowest BCUT2D eigenvalue weighted by atomic mass is 10.3. The molecule has 0 unspecified atom stereocenters. The minimum Gasteiger partial charge on any atom is -0.487 e. The highest BCUT2D eigenvalue weighted by atomic mass is 16.5. The summed E-state index contributed by atoms with van der Waals surface area (Å²) in [6.07, 6.45) is -2.23. The summed E-state index contributed by atoms with van der Waals surface area (Å²) in [6, 6.07) is 14.8. The summed E-state index contributed by atoms with van der Waals surface area (Å²) in [5.74, 6) is 1.90. The van der Waals surface area contributed by atoms with Crippen LogP contribution in [0.1, 0.15) is 27.7 Å².